The summed E-state index contributed by atoms with van der Waals surface area (Å²) in [5.41, 5.74) is 12.0. The summed E-state index contributed by atoms with van der Waals surface area (Å²) in [7, 11) is -4.89. The number of nitrogens with one attached hydrogen (secondary N) is 3. The number of primary amides is 1. The highest BCUT2D eigenvalue weighted by atomic mass is 32.3. The van der Waals surface area contributed by atoms with Crippen LogP contribution in [0, 0.1) is 5.82 Å². The van der Waals surface area contributed by atoms with Gasteiger partial charge < -0.3 is 27.4 Å². The Balaban J connectivity index is 1.54. The molecule has 200 valence electrons. The first-order chi connectivity index (χ1) is 18.0. The van der Waals surface area contributed by atoms with Crippen LogP contribution >= 0.6 is 0 Å². The highest BCUT2D eigenvalue weighted by Crippen LogP contribution is 2.27. The van der Waals surface area contributed by atoms with Gasteiger partial charge in [0.2, 0.25) is 0 Å². The lowest BCUT2D eigenvalue weighted by Gasteiger charge is -2.30. The van der Waals surface area contributed by atoms with Gasteiger partial charge in [0, 0.05) is 17.6 Å². The molecular weight excluding hydrogens is 520 g/mol. The van der Waals surface area contributed by atoms with E-state index in [0.717, 1.165) is 56.0 Å². The normalized spacial score (nSPS) is 17.4. The van der Waals surface area contributed by atoms with Crippen LogP contribution in [0.4, 0.5) is 31.3 Å². The van der Waals surface area contributed by atoms with Gasteiger partial charge in [0.1, 0.15) is 5.82 Å². The largest absolute Gasteiger partial charge is 0.365 e. The zero-order valence-electron chi connectivity index (χ0n) is 19.9. The molecule has 11 nitrogen and oxygen atoms in total. The molecule has 0 saturated heterocycles. The molecule has 2 amide bonds. The van der Waals surface area contributed by atoms with Gasteiger partial charge in [-0.2, -0.15) is 8.42 Å². The number of carbonyl (C=O) groups is 2. The van der Waals surface area contributed by atoms with Gasteiger partial charge >= 0.3 is 10.2 Å². The lowest BCUT2D eigenvalue weighted by molar-refractivity contribution is 0.0997. The third-order valence-corrected chi connectivity index (χ3v) is 6.88. The minimum absolute atomic E-state index is 0.0286. The molecular formula is C24H25F2N7O4S. The zero-order chi connectivity index (χ0) is 27.4. The molecule has 38 heavy (non-hydrogen) atoms. The fourth-order valence-electron chi connectivity index (χ4n) is 4.07. The van der Waals surface area contributed by atoms with E-state index < -0.39 is 32.8 Å². The molecule has 2 heterocycles. The molecule has 3 aromatic rings. The van der Waals surface area contributed by atoms with Crippen molar-refractivity contribution in [3.05, 3.63) is 65.7 Å². The maximum Gasteiger partial charge on any atom is 0.332 e. The summed E-state index contributed by atoms with van der Waals surface area (Å²) >= 11 is 0. The first-order valence-corrected chi connectivity index (χ1v) is 13.0. The van der Waals surface area contributed by atoms with E-state index in [0.29, 0.717) is 5.69 Å². The summed E-state index contributed by atoms with van der Waals surface area (Å²) in [6.45, 7) is 0. The number of nitrogens with zero attached hydrogens (tertiary/aromatic N) is 2. The molecule has 1 aliphatic rings. The van der Waals surface area contributed by atoms with Crippen LogP contribution in [0.2, 0.25) is 0 Å². The molecule has 0 radical (unpaired) electrons. The van der Waals surface area contributed by atoms with Gasteiger partial charge in [0.25, 0.3) is 11.8 Å². The fraction of sp³-hybridized carbons (Fsp3) is 0.250. The average molecular weight is 546 g/mol. The lowest BCUT2D eigenvalue weighted by Crippen LogP contribution is -2.43. The minimum Gasteiger partial charge on any atom is -0.365 e. The van der Waals surface area contributed by atoms with Crippen LogP contribution in [-0.4, -0.2) is 42.3 Å². The van der Waals surface area contributed by atoms with Gasteiger partial charge in [-0.3, -0.25) is 14.6 Å². The summed E-state index contributed by atoms with van der Waals surface area (Å²) in [4.78, 5) is 32.2. The summed E-state index contributed by atoms with van der Waals surface area (Å²) in [5, 5.41) is 8.48. The number of halogens is 2. The molecule has 1 unspecified atom stereocenters. The Morgan fingerprint density at radius 2 is 1.68 bits per heavy atom. The monoisotopic (exact) mass is 545 g/mol. The molecule has 0 bridgehead atoms. The minimum atomic E-state index is -4.89. The Labute approximate surface area is 217 Å². The van der Waals surface area contributed by atoms with Gasteiger partial charge in [0.15, 0.2) is 11.6 Å². The number of amides is 2. The second-order valence-electron chi connectivity index (χ2n) is 8.78. The van der Waals surface area contributed by atoms with Crippen molar-refractivity contribution >= 4 is 45.0 Å². The third-order valence-electron chi connectivity index (χ3n) is 6.04. The molecule has 2 atom stereocenters. The van der Waals surface area contributed by atoms with E-state index in [1.54, 1.807) is 0 Å². The van der Waals surface area contributed by atoms with Gasteiger partial charge in [-0.15, -0.1) is 3.89 Å². The van der Waals surface area contributed by atoms with Crippen molar-refractivity contribution in [2.45, 2.75) is 42.7 Å². The van der Waals surface area contributed by atoms with Gasteiger partial charge in [-0.1, -0.05) is 12.8 Å². The van der Waals surface area contributed by atoms with Crippen LogP contribution in [0.1, 0.15) is 46.4 Å². The van der Waals surface area contributed by atoms with Gasteiger partial charge in [-0.05, 0) is 49.2 Å². The van der Waals surface area contributed by atoms with Crippen LogP contribution in [0.3, 0.4) is 0 Å². The molecule has 0 spiro atoms. The number of benzene rings is 1. The quantitative estimate of drug-likeness (QED) is 0.266. The Hall–Kier alpha value is -4.17. The number of aromatic nitrogens is 2. The molecule has 2 aromatic heterocycles. The Kier molecular flexibility index (Phi) is 7.83. The lowest BCUT2D eigenvalue weighted by atomic mass is 9.91. The van der Waals surface area contributed by atoms with Crippen LogP contribution in [0.25, 0.3) is 0 Å². The Morgan fingerprint density at radius 3 is 2.34 bits per heavy atom. The van der Waals surface area contributed by atoms with Gasteiger partial charge in [-0.25, -0.2) is 9.37 Å². The zero-order valence-corrected chi connectivity index (χ0v) is 20.8. The fourth-order valence-corrected chi connectivity index (χ4v) is 4.53. The second-order valence-corrected chi connectivity index (χ2v) is 10.1. The molecule has 1 fully saturated rings. The van der Waals surface area contributed by atoms with Crippen molar-refractivity contribution in [3.8, 4) is 0 Å². The number of nitrogens with two attached hydrogens (primary N) is 2. The van der Waals surface area contributed by atoms with Crippen molar-refractivity contribution in [3.63, 3.8) is 0 Å². The molecule has 0 aliphatic heterocycles. The summed E-state index contributed by atoms with van der Waals surface area (Å²) < 4.78 is 49.8. The summed E-state index contributed by atoms with van der Waals surface area (Å²) in [6, 6.07) is 6.36. The molecule has 14 heteroatoms. The topological polar surface area (TPSA) is 182 Å². The van der Waals surface area contributed by atoms with Crippen molar-refractivity contribution in [2.75, 3.05) is 16.0 Å². The van der Waals surface area contributed by atoms with Crippen molar-refractivity contribution < 1.29 is 26.3 Å². The molecule has 4 rings (SSSR count). The van der Waals surface area contributed by atoms with Crippen molar-refractivity contribution in [1.29, 1.82) is 0 Å². The summed E-state index contributed by atoms with van der Waals surface area (Å²) in [6.07, 6.45) is 6.21. The van der Waals surface area contributed by atoms with E-state index >= 15 is 0 Å². The first kappa shape index (κ1) is 26.9. The molecule has 1 saturated carbocycles. The first-order valence-electron chi connectivity index (χ1n) is 11.6. The maximum absolute atomic E-state index is 14.8. The van der Waals surface area contributed by atoms with Crippen LogP contribution in [0.15, 0.2) is 53.7 Å². The Morgan fingerprint density at radius 1 is 1.00 bits per heavy atom. The van der Waals surface area contributed by atoms with E-state index in [1.807, 2.05) is 0 Å². The highest BCUT2D eigenvalue weighted by molar-refractivity contribution is 7.86. The predicted molar refractivity (Wildman–Crippen MR) is 137 cm³/mol. The predicted octanol–water partition coefficient (Wildman–Crippen LogP) is 3.05. The van der Waals surface area contributed by atoms with E-state index in [1.165, 1.54) is 18.5 Å². The average Bonchev–Trinajstić information content (AvgIpc) is 2.86. The smallest absolute Gasteiger partial charge is 0.332 e. The van der Waals surface area contributed by atoms with E-state index in [4.69, 9.17) is 11.5 Å². The summed E-state index contributed by atoms with van der Waals surface area (Å²) in [5.74, 6) is -2.39. The van der Waals surface area contributed by atoms with Crippen molar-refractivity contribution in [2.24, 2.45) is 11.5 Å². The Bertz CT molecular complexity index is 1470. The number of hydrogen-bond donors (Lipinski definition) is 5. The number of pyridine rings is 2. The second kappa shape index (κ2) is 11.1. The van der Waals surface area contributed by atoms with E-state index in [9.17, 15) is 26.3 Å². The molecule has 1 aliphatic carbocycles. The number of rotatable bonds is 8. The number of carbonyl (C=O) groups excluding carboxylic acids is 2. The molecule has 1 aromatic carbocycles. The van der Waals surface area contributed by atoms with Gasteiger partial charge in [0.05, 0.1) is 34.2 Å². The van der Waals surface area contributed by atoms with E-state index in [2.05, 4.69) is 25.9 Å². The SMILES string of the molecule is NC(=O)c1cc(F)c(NC2CCCC[C@@H]2N)nc1Nc1cncc(NC(=O)c2ccc(S(=O)(=O)F)cc2)c1. The standard InChI is InChI=1S/C24H25F2N7O4S/c25-18-10-17(21(28)34)22(33-23(18)32-20-4-2-1-3-19(20)27)30-14-9-15(12-29-11-14)31-24(35)13-5-7-16(8-6-13)38(26,36)37/h5-12,19-20H,1-4,27H2,(H2,28,34)(H,31,35)(H2,30,32,33)/t19-,20?/m0/s1. The number of hydrogen-bond acceptors (Lipinski definition) is 9. The van der Waals surface area contributed by atoms with Crippen LogP contribution in [-0.2, 0) is 10.2 Å². The van der Waals surface area contributed by atoms with Crippen LogP contribution in [0.5, 0.6) is 0 Å². The third kappa shape index (κ3) is 6.39. The number of anilines is 4. The highest BCUT2D eigenvalue weighted by Gasteiger charge is 2.24. The maximum atomic E-state index is 14.8. The molecule has 7 N–H and O–H groups in total. The van der Waals surface area contributed by atoms with E-state index in [-0.39, 0.29) is 40.5 Å². The van der Waals surface area contributed by atoms with Crippen molar-refractivity contribution in [1.82, 2.24) is 9.97 Å². The van der Waals surface area contributed by atoms with Crippen LogP contribution < -0.4 is 27.4 Å².